The van der Waals surface area contributed by atoms with Crippen LogP contribution in [-0.4, -0.2) is 20.9 Å². The predicted octanol–water partition coefficient (Wildman–Crippen LogP) is 3.29. The second-order valence-electron chi connectivity index (χ2n) is 6.49. The molecule has 4 heteroatoms. The molecule has 1 N–H and O–H groups in total. The predicted molar refractivity (Wildman–Crippen MR) is 74.0 cm³/mol. The third-order valence-corrected chi connectivity index (χ3v) is 4.24. The monoisotopic (exact) mass is 264 g/mol. The summed E-state index contributed by atoms with van der Waals surface area (Å²) in [4.78, 5) is 11.5. The molecule has 2 rings (SSSR count). The third-order valence-electron chi connectivity index (χ3n) is 4.24. The smallest absolute Gasteiger partial charge is 0.307 e. The Balaban J connectivity index is 2.23. The fraction of sp³-hybridized carbons (Fsp3) is 0.733. The van der Waals surface area contributed by atoms with Crippen LogP contribution in [0.1, 0.15) is 57.9 Å². The van der Waals surface area contributed by atoms with Crippen molar-refractivity contribution in [3.63, 3.8) is 0 Å². The molecule has 0 aromatic carbocycles. The molecule has 4 nitrogen and oxygen atoms in total. The number of hydrogen-bond donors (Lipinski definition) is 1. The maximum atomic E-state index is 11.5. The van der Waals surface area contributed by atoms with Crippen molar-refractivity contribution in [2.75, 3.05) is 0 Å². The van der Waals surface area contributed by atoms with E-state index < -0.39 is 5.97 Å². The summed E-state index contributed by atoms with van der Waals surface area (Å²) >= 11 is 0. The van der Waals surface area contributed by atoms with Gasteiger partial charge in [-0.05, 0) is 36.7 Å². The quantitative estimate of drug-likeness (QED) is 0.908. The van der Waals surface area contributed by atoms with Crippen molar-refractivity contribution in [2.24, 2.45) is 11.3 Å². The van der Waals surface area contributed by atoms with Crippen molar-refractivity contribution in [1.82, 2.24) is 9.78 Å². The maximum absolute atomic E-state index is 11.5. The van der Waals surface area contributed by atoms with E-state index in [9.17, 15) is 9.90 Å². The second-order valence-corrected chi connectivity index (χ2v) is 6.49. The molecule has 1 saturated carbocycles. The van der Waals surface area contributed by atoms with Gasteiger partial charge in [0.05, 0.1) is 12.1 Å². The molecule has 1 fully saturated rings. The molecule has 1 aromatic rings. The Kier molecular flexibility index (Phi) is 3.97. The lowest BCUT2D eigenvalue weighted by Crippen LogP contribution is -2.32. The van der Waals surface area contributed by atoms with Crippen molar-refractivity contribution in [3.8, 4) is 0 Å². The summed E-state index contributed by atoms with van der Waals surface area (Å²) in [5, 5.41) is 13.8. The molecule has 0 radical (unpaired) electrons. The highest BCUT2D eigenvalue weighted by atomic mass is 16.4. The number of aromatic nitrogens is 2. The van der Waals surface area contributed by atoms with E-state index in [2.05, 4.69) is 25.9 Å². The van der Waals surface area contributed by atoms with Gasteiger partial charge in [-0.25, -0.2) is 0 Å². The van der Waals surface area contributed by atoms with Crippen molar-refractivity contribution >= 4 is 5.97 Å². The van der Waals surface area contributed by atoms with Crippen LogP contribution >= 0.6 is 0 Å². The van der Waals surface area contributed by atoms with Gasteiger partial charge in [0.2, 0.25) is 0 Å². The van der Waals surface area contributed by atoms with Crippen LogP contribution in [0.4, 0.5) is 0 Å². The molecular formula is C15H24N2O2. The fourth-order valence-electron chi connectivity index (χ4n) is 3.16. The molecule has 0 bridgehead atoms. The summed E-state index contributed by atoms with van der Waals surface area (Å²) in [7, 11) is 0. The highest BCUT2D eigenvalue weighted by Gasteiger charge is 2.39. The van der Waals surface area contributed by atoms with E-state index in [0.29, 0.717) is 0 Å². The highest BCUT2D eigenvalue weighted by molar-refractivity contribution is 5.71. The summed E-state index contributed by atoms with van der Waals surface area (Å²) in [5.41, 5.74) is 1.32. The van der Waals surface area contributed by atoms with Gasteiger partial charge in [-0.3, -0.25) is 9.48 Å². The van der Waals surface area contributed by atoms with E-state index in [1.165, 1.54) is 0 Å². The van der Waals surface area contributed by atoms with Crippen LogP contribution in [0.2, 0.25) is 0 Å². The third kappa shape index (κ3) is 3.17. The summed E-state index contributed by atoms with van der Waals surface area (Å²) in [6, 6.07) is 0. The van der Waals surface area contributed by atoms with Crippen LogP contribution in [0.3, 0.4) is 0 Å². The van der Waals surface area contributed by atoms with Gasteiger partial charge < -0.3 is 5.11 Å². The molecule has 0 saturated heterocycles. The minimum absolute atomic E-state index is 0.104. The molecule has 1 aliphatic rings. The van der Waals surface area contributed by atoms with Crippen LogP contribution in [0.25, 0.3) is 0 Å². The molecule has 1 aromatic heterocycles. The van der Waals surface area contributed by atoms with E-state index in [1.807, 2.05) is 17.1 Å². The molecular weight excluding hydrogens is 240 g/mol. The largest absolute Gasteiger partial charge is 0.481 e. The Hall–Kier alpha value is -1.32. The maximum Gasteiger partial charge on any atom is 0.307 e. The number of hydrogen-bond acceptors (Lipinski definition) is 2. The first-order valence-corrected chi connectivity index (χ1v) is 7.18. The molecule has 0 spiro atoms. The molecule has 106 valence electrons. The topological polar surface area (TPSA) is 55.1 Å². The van der Waals surface area contributed by atoms with Crippen molar-refractivity contribution in [3.05, 3.63) is 18.0 Å². The van der Waals surface area contributed by atoms with Crippen LogP contribution in [0, 0.1) is 11.3 Å². The molecule has 1 aliphatic carbocycles. The minimum atomic E-state index is -0.663. The van der Waals surface area contributed by atoms with Gasteiger partial charge in [-0.1, -0.05) is 20.8 Å². The molecule has 0 aliphatic heterocycles. The van der Waals surface area contributed by atoms with Crippen LogP contribution in [0.5, 0.6) is 0 Å². The molecule has 2 unspecified atom stereocenters. The van der Waals surface area contributed by atoms with Gasteiger partial charge in [0.25, 0.3) is 0 Å². The van der Waals surface area contributed by atoms with Crippen molar-refractivity contribution in [1.29, 1.82) is 0 Å². The summed E-state index contributed by atoms with van der Waals surface area (Å²) in [5.74, 6) is -0.817. The van der Waals surface area contributed by atoms with Crippen LogP contribution in [-0.2, 0) is 11.3 Å². The number of aliphatic carboxylic acids is 1. The van der Waals surface area contributed by atoms with E-state index in [-0.39, 0.29) is 17.3 Å². The average molecular weight is 264 g/mol. The molecule has 2 atom stereocenters. The zero-order chi connectivity index (χ0) is 14.0. The zero-order valence-electron chi connectivity index (χ0n) is 12.1. The summed E-state index contributed by atoms with van der Waals surface area (Å²) in [6.07, 6.45) is 7.63. The first-order chi connectivity index (χ1) is 8.93. The first kappa shape index (κ1) is 14.1. The van der Waals surface area contributed by atoms with Gasteiger partial charge >= 0.3 is 5.97 Å². The summed E-state index contributed by atoms with van der Waals surface area (Å²) < 4.78 is 1.93. The number of nitrogens with zero attached hydrogens (tertiary/aromatic N) is 2. The van der Waals surface area contributed by atoms with Gasteiger partial charge in [0, 0.05) is 18.7 Å². The van der Waals surface area contributed by atoms with Crippen molar-refractivity contribution < 1.29 is 9.90 Å². The lowest BCUT2D eigenvalue weighted by Gasteiger charge is -2.38. The number of carboxylic acids is 1. The number of aryl methyl sites for hydroxylation is 1. The lowest BCUT2D eigenvalue weighted by molar-refractivity contribution is -0.144. The second kappa shape index (κ2) is 5.35. The Bertz CT molecular complexity index is 451. The Morgan fingerprint density at radius 2 is 2.32 bits per heavy atom. The van der Waals surface area contributed by atoms with Crippen molar-refractivity contribution in [2.45, 2.75) is 58.9 Å². The normalized spacial score (nSPS) is 26.3. The molecule has 0 amide bonds. The zero-order valence-corrected chi connectivity index (χ0v) is 12.1. The van der Waals surface area contributed by atoms with Crippen LogP contribution < -0.4 is 0 Å². The van der Waals surface area contributed by atoms with E-state index >= 15 is 0 Å². The minimum Gasteiger partial charge on any atom is -0.481 e. The van der Waals surface area contributed by atoms with Gasteiger partial charge in [-0.15, -0.1) is 0 Å². The van der Waals surface area contributed by atoms with Crippen LogP contribution in [0.15, 0.2) is 12.4 Å². The number of carbonyl (C=O) groups is 1. The Morgan fingerprint density at radius 3 is 2.95 bits per heavy atom. The summed E-state index contributed by atoms with van der Waals surface area (Å²) in [6.45, 7) is 7.47. The number of carboxylic acid groups (broad SMARTS) is 1. The molecule has 19 heavy (non-hydrogen) atoms. The molecule has 1 heterocycles. The van der Waals surface area contributed by atoms with E-state index in [0.717, 1.165) is 37.8 Å². The Morgan fingerprint density at radius 1 is 1.58 bits per heavy atom. The Labute approximate surface area is 114 Å². The SMILES string of the molecule is CCCn1cc(C2CC(C)(C)CCC2C(=O)O)cn1. The first-order valence-electron chi connectivity index (χ1n) is 7.18. The van der Waals surface area contributed by atoms with E-state index in [4.69, 9.17) is 0 Å². The lowest BCUT2D eigenvalue weighted by atomic mass is 9.65. The highest BCUT2D eigenvalue weighted by Crippen LogP contribution is 2.46. The average Bonchev–Trinajstić information content (AvgIpc) is 2.76. The number of rotatable bonds is 4. The van der Waals surface area contributed by atoms with Gasteiger partial charge in [-0.2, -0.15) is 5.10 Å². The fourth-order valence-corrected chi connectivity index (χ4v) is 3.16. The van der Waals surface area contributed by atoms with E-state index in [1.54, 1.807) is 0 Å². The standard InChI is InChI=1S/C15H24N2O2/c1-4-7-17-10-11(9-16-17)13-8-15(2,3)6-5-12(13)14(18)19/h9-10,12-13H,4-8H2,1-3H3,(H,18,19). The van der Waals surface area contributed by atoms with Gasteiger partial charge in [0.1, 0.15) is 0 Å². The van der Waals surface area contributed by atoms with Gasteiger partial charge in [0.15, 0.2) is 0 Å².